The molecule has 0 heterocycles. The second-order valence-electron chi connectivity index (χ2n) is 10.3. The summed E-state index contributed by atoms with van der Waals surface area (Å²) in [5.41, 5.74) is 2.27. The molecule has 0 radical (unpaired) electrons. The van der Waals surface area contributed by atoms with Crippen LogP contribution in [0.5, 0.6) is 0 Å². The van der Waals surface area contributed by atoms with E-state index in [0.29, 0.717) is 29.8 Å². The molecular weight excluding hydrogens is 563 g/mol. The van der Waals surface area contributed by atoms with Crippen LogP contribution in [0.2, 0.25) is 0 Å². The smallest absolute Gasteiger partial charge is 0.459 e. The predicted molar refractivity (Wildman–Crippen MR) is 155 cm³/mol. The van der Waals surface area contributed by atoms with Gasteiger partial charge >= 0.3 is 24.1 Å². The fraction of sp³-hybridized carbons (Fsp3) is 0.344. The molecule has 0 spiro atoms. The summed E-state index contributed by atoms with van der Waals surface area (Å²) in [6.45, 7) is -0.440. The van der Waals surface area contributed by atoms with E-state index in [4.69, 9.17) is 9.47 Å². The third-order valence-electron chi connectivity index (χ3n) is 7.13. The average Bonchev–Trinajstić information content (AvgIpc) is 3.02. The summed E-state index contributed by atoms with van der Waals surface area (Å²) < 4.78 is 50.6. The molecule has 2 N–H and O–H groups in total. The van der Waals surface area contributed by atoms with Gasteiger partial charge in [-0.3, -0.25) is 10.1 Å². The molecule has 2 amide bonds. The summed E-state index contributed by atoms with van der Waals surface area (Å²) in [6, 6.07) is 22.8. The van der Waals surface area contributed by atoms with Crippen molar-refractivity contribution in [3.8, 4) is 0 Å². The summed E-state index contributed by atoms with van der Waals surface area (Å²) in [4.78, 5) is 39.7. The van der Waals surface area contributed by atoms with Crippen LogP contribution >= 0.6 is 0 Å². The van der Waals surface area contributed by atoms with Crippen LogP contribution in [0.3, 0.4) is 0 Å². The number of rotatable bonds is 11. The Bertz CT molecular complexity index is 1350. The first-order valence-electron chi connectivity index (χ1n) is 14.1. The fourth-order valence-electron chi connectivity index (χ4n) is 4.98. The van der Waals surface area contributed by atoms with Gasteiger partial charge in [-0.2, -0.15) is 13.2 Å². The third-order valence-corrected chi connectivity index (χ3v) is 7.13. The van der Waals surface area contributed by atoms with E-state index < -0.39 is 30.2 Å². The van der Waals surface area contributed by atoms with Gasteiger partial charge in [-0.15, -0.1) is 0 Å². The van der Waals surface area contributed by atoms with Gasteiger partial charge in [-0.05, 0) is 36.1 Å². The first-order chi connectivity index (χ1) is 20.7. The van der Waals surface area contributed by atoms with Crippen molar-refractivity contribution in [1.82, 2.24) is 5.32 Å². The van der Waals surface area contributed by atoms with Gasteiger partial charge in [0.2, 0.25) is 0 Å². The number of benzene rings is 3. The molecule has 1 aliphatic rings. The van der Waals surface area contributed by atoms with Crippen LogP contribution in [0.15, 0.2) is 84.9 Å². The number of hydrogen-bond acceptors (Lipinski definition) is 6. The maximum absolute atomic E-state index is 13.3. The second-order valence-corrected chi connectivity index (χ2v) is 10.3. The Labute approximate surface area is 248 Å². The van der Waals surface area contributed by atoms with Crippen molar-refractivity contribution in [3.63, 3.8) is 0 Å². The zero-order valence-corrected chi connectivity index (χ0v) is 23.5. The Morgan fingerprint density at radius 2 is 1.35 bits per heavy atom. The van der Waals surface area contributed by atoms with Crippen molar-refractivity contribution in [3.05, 3.63) is 96.1 Å². The molecular formula is C32H34F3N3O5. The normalized spacial score (nSPS) is 14.3. The van der Waals surface area contributed by atoms with Gasteiger partial charge in [0.05, 0.1) is 11.4 Å². The molecule has 1 saturated carbocycles. The lowest BCUT2D eigenvalue weighted by molar-refractivity contribution is -0.175. The molecule has 0 bridgehead atoms. The number of alkyl halides is 3. The zero-order valence-electron chi connectivity index (χ0n) is 23.5. The van der Waals surface area contributed by atoms with Crippen LogP contribution in [0, 0.1) is 0 Å². The molecule has 3 aromatic carbocycles. The molecule has 0 unspecified atom stereocenters. The minimum absolute atomic E-state index is 0.0416. The lowest BCUT2D eigenvalue weighted by atomic mass is 9.93. The molecule has 3 aromatic rings. The van der Waals surface area contributed by atoms with Crippen LogP contribution in [-0.2, 0) is 32.3 Å². The molecule has 0 saturated heterocycles. The van der Waals surface area contributed by atoms with E-state index in [9.17, 15) is 27.6 Å². The van der Waals surface area contributed by atoms with Gasteiger partial charge in [-0.25, -0.2) is 9.59 Å². The van der Waals surface area contributed by atoms with Gasteiger partial charge in [-0.1, -0.05) is 92.1 Å². The van der Waals surface area contributed by atoms with Gasteiger partial charge in [0.15, 0.2) is 0 Å². The Hall–Kier alpha value is -4.54. The number of ether oxygens (including phenoxy) is 2. The zero-order chi connectivity index (χ0) is 30.7. The maximum Gasteiger partial charge on any atom is 0.471 e. The van der Waals surface area contributed by atoms with Gasteiger partial charge in [0.25, 0.3) is 0 Å². The molecule has 0 aliphatic heterocycles. The summed E-state index contributed by atoms with van der Waals surface area (Å²) in [6.07, 6.45) is -1.72. The Morgan fingerprint density at radius 3 is 1.95 bits per heavy atom. The number of nitrogens with one attached hydrogen (secondary N) is 2. The Balaban J connectivity index is 1.57. The topological polar surface area (TPSA) is 97.0 Å². The molecule has 0 aromatic heterocycles. The number of carbonyl (C=O) groups excluding carboxylic acids is 3. The standard InChI is InChI=1S/C32H34F3N3O5/c33-32(34,35)30(40)36-27(29(39)42-21-23-12-4-1-5-13-23)20-38(25-16-8-3-9-17-25)28-19-11-10-18-26(28)37-31(41)43-22-24-14-6-2-7-15-24/h1-2,4-7,10-15,18-19,25,27H,3,8-9,16-17,20-22H2,(H,36,40)(H,37,41)/t27-/m1/s1. The third kappa shape index (κ3) is 9.49. The second kappa shape index (κ2) is 15.1. The van der Waals surface area contributed by atoms with Crippen LogP contribution in [0.4, 0.5) is 29.3 Å². The Kier molecular flexibility index (Phi) is 11.0. The van der Waals surface area contributed by atoms with Gasteiger partial charge in [0.1, 0.15) is 19.3 Å². The number of nitrogens with zero attached hydrogens (tertiary/aromatic N) is 1. The molecule has 1 aliphatic carbocycles. The lowest BCUT2D eigenvalue weighted by Crippen LogP contribution is -2.54. The van der Waals surface area contributed by atoms with E-state index in [1.807, 2.05) is 35.6 Å². The largest absolute Gasteiger partial charge is 0.471 e. The first-order valence-corrected chi connectivity index (χ1v) is 14.1. The van der Waals surface area contributed by atoms with Crippen LogP contribution in [0.25, 0.3) is 0 Å². The van der Waals surface area contributed by atoms with Crippen molar-refractivity contribution in [2.75, 3.05) is 16.8 Å². The molecule has 1 atom stereocenters. The number of carbonyl (C=O) groups is 3. The molecule has 1 fully saturated rings. The number of esters is 1. The highest BCUT2D eigenvalue weighted by Gasteiger charge is 2.42. The minimum atomic E-state index is -5.20. The van der Waals surface area contributed by atoms with Gasteiger partial charge < -0.3 is 19.7 Å². The van der Waals surface area contributed by atoms with E-state index in [1.54, 1.807) is 59.5 Å². The summed E-state index contributed by atoms with van der Waals surface area (Å²) in [7, 11) is 0. The molecule has 4 rings (SSSR count). The van der Waals surface area contributed by atoms with Crippen molar-refractivity contribution in [1.29, 1.82) is 0 Å². The molecule has 228 valence electrons. The quantitative estimate of drug-likeness (QED) is 0.250. The minimum Gasteiger partial charge on any atom is -0.459 e. The number of amides is 2. The SMILES string of the molecule is O=C(Nc1ccccc1N(C[C@@H](NC(=O)C(F)(F)F)C(=O)OCc1ccccc1)C1CCCCC1)OCc1ccccc1. The molecule has 43 heavy (non-hydrogen) atoms. The van der Waals surface area contributed by atoms with Crippen molar-refractivity contribution >= 4 is 29.3 Å². The molecule has 11 heteroatoms. The highest BCUT2D eigenvalue weighted by Crippen LogP contribution is 2.33. The van der Waals surface area contributed by atoms with E-state index in [-0.39, 0.29) is 25.8 Å². The first kappa shape index (κ1) is 31.4. The van der Waals surface area contributed by atoms with E-state index in [1.165, 1.54) is 0 Å². The van der Waals surface area contributed by atoms with Crippen LogP contribution in [-0.4, -0.2) is 42.8 Å². The monoisotopic (exact) mass is 597 g/mol. The van der Waals surface area contributed by atoms with Crippen molar-refractivity contribution < 1.29 is 37.0 Å². The van der Waals surface area contributed by atoms with Crippen LogP contribution in [0.1, 0.15) is 43.2 Å². The Morgan fingerprint density at radius 1 is 0.791 bits per heavy atom. The fourth-order valence-corrected chi connectivity index (χ4v) is 4.98. The lowest BCUT2D eigenvalue weighted by Gasteiger charge is -2.39. The number of halogens is 3. The number of hydrogen-bond donors (Lipinski definition) is 2. The number of para-hydroxylation sites is 2. The van der Waals surface area contributed by atoms with Crippen LogP contribution < -0.4 is 15.5 Å². The van der Waals surface area contributed by atoms with E-state index >= 15 is 0 Å². The van der Waals surface area contributed by atoms with E-state index in [2.05, 4.69) is 5.32 Å². The summed E-state index contributed by atoms with van der Waals surface area (Å²) in [5, 5.41) is 4.57. The maximum atomic E-state index is 13.3. The molecule has 8 nitrogen and oxygen atoms in total. The highest BCUT2D eigenvalue weighted by atomic mass is 19.4. The number of anilines is 2. The summed E-state index contributed by atoms with van der Waals surface area (Å²) in [5.74, 6) is -3.25. The highest BCUT2D eigenvalue weighted by molar-refractivity contribution is 5.91. The summed E-state index contributed by atoms with van der Waals surface area (Å²) >= 11 is 0. The van der Waals surface area contributed by atoms with Gasteiger partial charge in [0, 0.05) is 12.6 Å². The van der Waals surface area contributed by atoms with E-state index in [0.717, 1.165) is 24.8 Å². The van der Waals surface area contributed by atoms with Crippen molar-refractivity contribution in [2.24, 2.45) is 0 Å². The average molecular weight is 598 g/mol. The predicted octanol–water partition coefficient (Wildman–Crippen LogP) is 6.36. The van der Waals surface area contributed by atoms with Crippen molar-refractivity contribution in [2.45, 2.75) is 63.6 Å².